The van der Waals surface area contributed by atoms with Gasteiger partial charge in [0.05, 0.1) is 17.2 Å². The van der Waals surface area contributed by atoms with Crippen molar-refractivity contribution in [2.75, 3.05) is 0 Å². The average Bonchev–Trinajstić information content (AvgIpc) is 2.70. The van der Waals surface area contributed by atoms with Gasteiger partial charge in [-0.3, -0.25) is 0 Å². The van der Waals surface area contributed by atoms with Crippen molar-refractivity contribution in [3.8, 4) is 6.07 Å². The van der Waals surface area contributed by atoms with Crippen LogP contribution in [0, 0.1) is 25.2 Å². The lowest BCUT2D eigenvalue weighted by molar-refractivity contribution is 0.0467. The number of aromatic nitrogens is 1. The Balaban J connectivity index is 1.73. The van der Waals surface area contributed by atoms with E-state index in [4.69, 9.17) is 10.00 Å². The molecule has 0 saturated heterocycles. The number of carbonyl (C=O) groups is 1. The number of pyridine rings is 1. The van der Waals surface area contributed by atoms with E-state index < -0.39 is 5.97 Å². The quantitative estimate of drug-likeness (QED) is 0.583. The number of esters is 1. The first kappa shape index (κ1) is 18.7. The minimum Gasteiger partial charge on any atom is -0.457 e. The van der Waals surface area contributed by atoms with Gasteiger partial charge in [0.1, 0.15) is 11.6 Å². The molecule has 0 radical (unpaired) electrons. The number of hydrogen-bond acceptors (Lipinski definition) is 5. The van der Waals surface area contributed by atoms with E-state index in [0.29, 0.717) is 16.2 Å². The molecule has 0 unspecified atom stereocenters. The number of ether oxygens (including phenoxy) is 1. The van der Waals surface area contributed by atoms with Crippen molar-refractivity contribution >= 4 is 17.7 Å². The molecule has 27 heavy (non-hydrogen) atoms. The molecule has 0 bridgehead atoms. The Hall–Kier alpha value is -3.10. The summed E-state index contributed by atoms with van der Waals surface area (Å²) in [6.45, 7) is 4.27. The van der Waals surface area contributed by atoms with Crippen LogP contribution in [-0.2, 0) is 11.3 Å². The summed E-state index contributed by atoms with van der Waals surface area (Å²) < 4.78 is 5.43. The van der Waals surface area contributed by atoms with E-state index in [1.165, 1.54) is 22.9 Å². The number of carbonyl (C=O) groups excluding carboxylic acids is 1. The van der Waals surface area contributed by atoms with Gasteiger partial charge in [-0.05, 0) is 66.9 Å². The van der Waals surface area contributed by atoms with Gasteiger partial charge >= 0.3 is 5.97 Å². The van der Waals surface area contributed by atoms with Gasteiger partial charge in [0.25, 0.3) is 0 Å². The summed E-state index contributed by atoms with van der Waals surface area (Å²) in [6, 6.07) is 18.6. The molecule has 2 aromatic carbocycles. The first-order chi connectivity index (χ1) is 13.1. The monoisotopic (exact) mass is 374 g/mol. The van der Waals surface area contributed by atoms with Gasteiger partial charge in [0.15, 0.2) is 0 Å². The predicted octanol–water partition coefficient (Wildman–Crippen LogP) is 5.08. The molecule has 0 aliphatic heterocycles. The maximum Gasteiger partial charge on any atom is 0.341 e. The molecule has 0 aliphatic rings. The van der Waals surface area contributed by atoms with E-state index in [1.54, 1.807) is 42.6 Å². The first-order valence-electron chi connectivity index (χ1n) is 8.43. The van der Waals surface area contributed by atoms with Crippen LogP contribution in [0.2, 0.25) is 0 Å². The molecule has 0 fully saturated rings. The second-order valence-electron chi connectivity index (χ2n) is 6.09. The van der Waals surface area contributed by atoms with Gasteiger partial charge in [-0.15, -0.1) is 0 Å². The number of aryl methyl sites for hydroxylation is 2. The van der Waals surface area contributed by atoms with Crippen molar-refractivity contribution < 1.29 is 9.53 Å². The first-order valence-corrected chi connectivity index (χ1v) is 9.25. The van der Waals surface area contributed by atoms with Crippen molar-refractivity contribution in [1.82, 2.24) is 4.98 Å². The Morgan fingerprint density at radius 3 is 2.59 bits per heavy atom. The van der Waals surface area contributed by atoms with Gasteiger partial charge in [-0.2, -0.15) is 5.26 Å². The van der Waals surface area contributed by atoms with Crippen molar-refractivity contribution in [2.24, 2.45) is 0 Å². The Kier molecular flexibility index (Phi) is 5.90. The molecule has 1 aromatic heterocycles. The van der Waals surface area contributed by atoms with E-state index in [-0.39, 0.29) is 6.61 Å². The summed E-state index contributed by atoms with van der Waals surface area (Å²) >= 11 is 1.44. The minimum absolute atomic E-state index is 0.146. The molecule has 5 heteroatoms. The predicted molar refractivity (Wildman–Crippen MR) is 105 cm³/mol. The zero-order valence-electron chi connectivity index (χ0n) is 15.1. The molecule has 0 spiro atoms. The van der Waals surface area contributed by atoms with Gasteiger partial charge in [0, 0.05) is 11.1 Å². The zero-order valence-corrected chi connectivity index (χ0v) is 15.9. The van der Waals surface area contributed by atoms with Crippen molar-refractivity contribution in [1.29, 1.82) is 5.26 Å². The fourth-order valence-electron chi connectivity index (χ4n) is 2.42. The molecule has 3 rings (SSSR count). The molecule has 0 N–H and O–H groups in total. The van der Waals surface area contributed by atoms with Crippen LogP contribution in [0.4, 0.5) is 0 Å². The zero-order chi connectivity index (χ0) is 19.2. The van der Waals surface area contributed by atoms with Crippen LogP contribution >= 0.6 is 11.8 Å². The highest BCUT2D eigenvalue weighted by Gasteiger charge is 2.15. The number of rotatable bonds is 5. The number of hydrogen-bond donors (Lipinski definition) is 0. The van der Waals surface area contributed by atoms with E-state index in [2.05, 4.69) is 37.0 Å². The lowest BCUT2D eigenvalue weighted by Crippen LogP contribution is -2.07. The minimum atomic E-state index is -0.418. The second-order valence-corrected chi connectivity index (χ2v) is 7.15. The Labute approximate surface area is 162 Å². The highest BCUT2D eigenvalue weighted by Crippen LogP contribution is 2.30. The van der Waals surface area contributed by atoms with Crippen LogP contribution < -0.4 is 0 Å². The van der Waals surface area contributed by atoms with Crippen LogP contribution in [-0.4, -0.2) is 11.0 Å². The molecular weight excluding hydrogens is 356 g/mol. The van der Waals surface area contributed by atoms with E-state index in [9.17, 15) is 4.79 Å². The standard InChI is InChI=1S/C22H18N2O2S/c1-15-5-10-19(12-16(15)2)27-21-20(4-3-11-24-21)22(25)26-14-18-8-6-17(13-23)7-9-18/h3-12H,14H2,1-2H3. The summed E-state index contributed by atoms with van der Waals surface area (Å²) in [4.78, 5) is 17.9. The third-order valence-corrected chi connectivity index (χ3v) is 5.15. The maximum atomic E-state index is 12.5. The molecule has 0 saturated carbocycles. The molecule has 0 aliphatic carbocycles. The van der Waals surface area contributed by atoms with Crippen LogP contribution in [0.3, 0.4) is 0 Å². The Morgan fingerprint density at radius 1 is 1.11 bits per heavy atom. The molecular formula is C22H18N2O2S. The smallest absolute Gasteiger partial charge is 0.341 e. The van der Waals surface area contributed by atoms with Gasteiger partial charge in [-0.25, -0.2) is 9.78 Å². The summed E-state index contributed by atoms with van der Waals surface area (Å²) in [5.41, 5.74) is 4.26. The summed E-state index contributed by atoms with van der Waals surface area (Å²) in [7, 11) is 0. The van der Waals surface area contributed by atoms with Crippen LogP contribution in [0.25, 0.3) is 0 Å². The topological polar surface area (TPSA) is 63.0 Å². The fourth-order valence-corrected chi connectivity index (χ4v) is 3.39. The fraction of sp³-hybridized carbons (Fsp3) is 0.136. The van der Waals surface area contributed by atoms with Crippen molar-refractivity contribution in [3.05, 3.63) is 88.6 Å². The Morgan fingerprint density at radius 2 is 1.89 bits per heavy atom. The molecule has 0 amide bonds. The van der Waals surface area contributed by atoms with E-state index >= 15 is 0 Å². The number of benzene rings is 2. The molecule has 134 valence electrons. The summed E-state index contributed by atoms with van der Waals surface area (Å²) in [5, 5.41) is 9.45. The lowest BCUT2D eigenvalue weighted by atomic mass is 10.1. The summed E-state index contributed by atoms with van der Waals surface area (Å²) in [6.07, 6.45) is 1.67. The van der Waals surface area contributed by atoms with Gasteiger partial charge in [-0.1, -0.05) is 30.0 Å². The van der Waals surface area contributed by atoms with Gasteiger partial charge < -0.3 is 4.74 Å². The molecule has 3 aromatic rings. The number of nitrogens with zero attached hydrogens (tertiary/aromatic N) is 2. The van der Waals surface area contributed by atoms with Crippen molar-refractivity contribution in [2.45, 2.75) is 30.4 Å². The maximum absolute atomic E-state index is 12.5. The molecule has 0 atom stereocenters. The summed E-state index contributed by atoms with van der Waals surface area (Å²) in [5.74, 6) is -0.418. The molecule has 1 heterocycles. The highest BCUT2D eigenvalue weighted by atomic mass is 32.2. The van der Waals surface area contributed by atoms with Gasteiger partial charge in [0.2, 0.25) is 0 Å². The van der Waals surface area contributed by atoms with E-state index in [0.717, 1.165) is 10.5 Å². The molecule has 4 nitrogen and oxygen atoms in total. The normalized spacial score (nSPS) is 10.3. The third kappa shape index (κ3) is 4.75. The second kappa shape index (κ2) is 8.52. The van der Waals surface area contributed by atoms with Crippen molar-refractivity contribution in [3.63, 3.8) is 0 Å². The van der Waals surface area contributed by atoms with E-state index in [1.807, 2.05) is 6.07 Å². The third-order valence-electron chi connectivity index (χ3n) is 4.14. The SMILES string of the molecule is Cc1ccc(Sc2ncccc2C(=O)OCc2ccc(C#N)cc2)cc1C. The van der Waals surface area contributed by atoms with Crippen LogP contribution in [0.5, 0.6) is 0 Å². The largest absolute Gasteiger partial charge is 0.457 e. The lowest BCUT2D eigenvalue weighted by Gasteiger charge is -2.09. The number of nitriles is 1. The van der Waals surface area contributed by atoms with Crippen LogP contribution in [0.1, 0.15) is 32.6 Å². The average molecular weight is 374 g/mol. The highest BCUT2D eigenvalue weighted by molar-refractivity contribution is 7.99. The Bertz CT molecular complexity index is 1010. The van der Waals surface area contributed by atoms with Crippen LogP contribution in [0.15, 0.2) is 70.7 Å².